The second kappa shape index (κ2) is 4.25. The monoisotopic (exact) mass is 210 g/mol. The number of rotatable bonds is 3. The van der Waals surface area contributed by atoms with Crippen LogP contribution in [-0.4, -0.2) is 26.9 Å². The van der Waals surface area contributed by atoms with Gasteiger partial charge in [0.25, 0.3) is 0 Å². The predicted octanol–water partition coefficient (Wildman–Crippen LogP) is 1.29. The zero-order chi connectivity index (χ0) is 9.03. The van der Waals surface area contributed by atoms with Crippen LogP contribution in [-0.2, 0) is 13.8 Å². The number of hydrogen-bond donors (Lipinski definition) is 0. The van der Waals surface area contributed by atoms with Gasteiger partial charge in [-0.05, 0) is 12.8 Å². The van der Waals surface area contributed by atoms with Crippen molar-refractivity contribution in [3.8, 4) is 0 Å². The lowest BCUT2D eigenvalue weighted by Crippen LogP contribution is -2.01. The molecule has 12 heavy (non-hydrogen) atoms. The molecule has 0 N–H and O–H groups in total. The Hall–Kier alpha value is -0.0600. The Morgan fingerprint density at radius 1 is 1.58 bits per heavy atom. The molecular weight excluding hydrogens is 200 g/mol. The Labute approximate surface area is 76.8 Å². The molecule has 0 aromatic carbocycles. The first-order valence-electron chi connectivity index (χ1n) is 3.78. The van der Waals surface area contributed by atoms with Crippen LogP contribution in [0.4, 0.5) is 0 Å². The molecule has 0 aliphatic carbocycles. The second-order valence-electron chi connectivity index (χ2n) is 2.69. The van der Waals surface area contributed by atoms with E-state index >= 15 is 0 Å². The van der Waals surface area contributed by atoms with Crippen LogP contribution in [0.15, 0.2) is 12.2 Å². The smallest absolute Gasteiger partial charge is 0.236 e. The largest absolute Gasteiger partial charge is 0.374 e. The number of ether oxygens (including phenoxy) is 1. The second-order valence-corrected chi connectivity index (χ2v) is 5.51. The average Bonchev–Trinajstić information content (AvgIpc) is 2.36. The van der Waals surface area contributed by atoms with Gasteiger partial charge in [0.05, 0.1) is 11.9 Å². The van der Waals surface area contributed by atoms with Gasteiger partial charge in [0.2, 0.25) is 9.05 Å². The van der Waals surface area contributed by atoms with Crippen molar-refractivity contribution in [1.29, 1.82) is 0 Å². The highest BCUT2D eigenvalue weighted by Crippen LogP contribution is 2.12. The van der Waals surface area contributed by atoms with E-state index < -0.39 is 9.05 Å². The van der Waals surface area contributed by atoms with E-state index in [0.717, 1.165) is 19.4 Å². The summed E-state index contributed by atoms with van der Waals surface area (Å²) in [6, 6.07) is 0. The summed E-state index contributed by atoms with van der Waals surface area (Å²) in [4.78, 5) is 0. The van der Waals surface area contributed by atoms with Crippen LogP contribution >= 0.6 is 10.7 Å². The zero-order valence-corrected chi connectivity index (χ0v) is 8.14. The Bertz CT molecular complexity index is 252. The lowest BCUT2D eigenvalue weighted by atomic mass is 10.2. The third-order valence-corrected chi connectivity index (χ3v) is 2.58. The highest BCUT2D eigenvalue weighted by molar-refractivity contribution is 8.13. The standard InChI is InChI=1S/C7H11ClO3S/c8-12(9,10)6-2-4-7-3-1-5-11-7/h2,4,7H,1,3,5-6H2/b4-2-. The summed E-state index contributed by atoms with van der Waals surface area (Å²) in [5, 5.41) is 0. The number of hydrogen-bond acceptors (Lipinski definition) is 3. The highest BCUT2D eigenvalue weighted by atomic mass is 35.7. The van der Waals surface area contributed by atoms with Gasteiger partial charge in [-0.15, -0.1) is 0 Å². The minimum absolute atomic E-state index is 0.0865. The van der Waals surface area contributed by atoms with Crippen LogP contribution in [0.1, 0.15) is 12.8 Å². The van der Waals surface area contributed by atoms with Gasteiger partial charge < -0.3 is 4.74 Å². The van der Waals surface area contributed by atoms with Gasteiger partial charge in [0.15, 0.2) is 0 Å². The normalized spacial score (nSPS) is 25.2. The van der Waals surface area contributed by atoms with Crippen LogP contribution < -0.4 is 0 Å². The van der Waals surface area contributed by atoms with E-state index in [2.05, 4.69) is 0 Å². The van der Waals surface area contributed by atoms with Gasteiger partial charge in [-0.1, -0.05) is 12.2 Å². The molecule has 1 aliphatic rings. The molecule has 1 fully saturated rings. The molecule has 1 aliphatic heterocycles. The quantitative estimate of drug-likeness (QED) is 0.521. The predicted molar refractivity (Wildman–Crippen MR) is 47.8 cm³/mol. The summed E-state index contributed by atoms with van der Waals surface area (Å²) in [7, 11) is 1.61. The third kappa shape index (κ3) is 4.09. The fourth-order valence-corrected chi connectivity index (χ4v) is 1.64. The fourth-order valence-electron chi connectivity index (χ4n) is 1.08. The first-order chi connectivity index (χ1) is 5.58. The Balaban J connectivity index is 2.30. The molecular formula is C7H11ClO3S. The van der Waals surface area contributed by atoms with Crippen molar-refractivity contribution < 1.29 is 13.2 Å². The van der Waals surface area contributed by atoms with Crippen molar-refractivity contribution in [2.24, 2.45) is 0 Å². The van der Waals surface area contributed by atoms with Crippen LogP contribution in [0.5, 0.6) is 0 Å². The summed E-state index contributed by atoms with van der Waals surface area (Å²) in [5.41, 5.74) is 0. The Kier molecular flexibility index (Phi) is 3.55. The van der Waals surface area contributed by atoms with E-state index in [0.29, 0.717) is 0 Å². The first kappa shape index (κ1) is 10.0. The summed E-state index contributed by atoms with van der Waals surface area (Å²) >= 11 is 0. The molecule has 0 saturated carbocycles. The Morgan fingerprint density at radius 3 is 2.83 bits per heavy atom. The van der Waals surface area contributed by atoms with Gasteiger partial charge in [0, 0.05) is 17.3 Å². The van der Waals surface area contributed by atoms with Crippen molar-refractivity contribution in [3.05, 3.63) is 12.2 Å². The lowest BCUT2D eigenvalue weighted by Gasteiger charge is -1.99. The van der Waals surface area contributed by atoms with E-state index in [1.807, 2.05) is 0 Å². The topological polar surface area (TPSA) is 43.4 Å². The zero-order valence-electron chi connectivity index (χ0n) is 6.57. The first-order valence-corrected chi connectivity index (χ1v) is 6.26. The molecule has 0 aromatic rings. The third-order valence-electron chi connectivity index (χ3n) is 1.61. The minimum atomic E-state index is -3.39. The van der Waals surface area contributed by atoms with E-state index in [9.17, 15) is 8.42 Å². The van der Waals surface area contributed by atoms with Crippen LogP contribution in [0.2, 0.25) is 0 Å². The van der Waals surface area contributed by atoms with Crippen molar-refractivity contribution in [3.63, 3.8) is 0 Å². The molecule has 0 aromatic heterocycles. The summed E-state index contributed by atoms with van der Waals surface area (Å²) in [5.74, 6) is -0.117. The Morgan fingerprint density at radius 2 is 2.33 bits per heavy atom. The van der Waals surface area contributed by atoms with E-state index in [1.165, 1.54) is 0 Å². The average molecular weight is 211 g/mol. The van der Waals surface area contributed by atoms with Crippen LogP contribution in [0.3, 0.4) is 0 Å². The molecule has 1 saturated heterocycles. The molecule has 3 nitrogen and oxygen atoms in total. The lowest BCUT2D eigenvalue weighted by molar-refractivity contribution is 0.145. The maximum Gasteiger partial charge on any atom is 0.236 e. The molecule has 0 radical (unpaired) electrons. The molecule has 70 valence electrons. The summed E-state index contributed by atoms with van der Waals surface area (Å²) in [6.07, 6.45) is 5.40. The van der Waals surface area contributed by atoms with Crippen molar-refractivity contribution in [2.75, 3.05) is 12.4 Å². The number of halogens is 1. The molecule has 1 atom stereocenters. The van der Waals surface area contributed by atoms with Gasteiger partial charge in [-0.25, -0.2) is 8.42 Å². The maximum absolute atomic E-state index is 10.5. The molecule has 0 amide bonds. The van der Waals surface area contributed by atoms with Gasteiger partial charge >= 0.3 is 0 Å². The molecule has 1 unspecified atom stereocenters. The van der Waals surface area contributed by atoms with E-state index in [4.69, 9.17) is 15.4 Å². The van der Waals surface area contributed by atoms with Gasteiger partial charge in [0.1, 0.15) is 0 Å². The van der Waals surface area contributed by atoms with Crippen molar-refractivity contribution in [1.82, 2.24) is 0 Å². The fraction of sp³-hybridized carbons (Fsp3) is 0.714. The SMILES string of the molecule is O=S(=O)(Cl)C/C=C\C1CCCO1. The van der Waals surface area contributed by atoms with Crippen LogP contribution in [0.25, 0.3) is 0 Å². The van der Waals surface area contributed by atoms with Crippen molar-refractivity contribution >= 4 is 19.7 Å². The minimum Gasteiger partial charge on any atom is -0.374 e. The van der Waals surface area contributed by atoms with E-state index in [-0.39, 0.29) is 11.9 Å². The maximum atomic E-state index is 10.5. The molecule has 1 rings (SSSR count). The van der Waals surface area contributed by atoms with Gasteiger partial charge in [-0.2, -0.15) is 0 Å². The summed E-state index contributed by atoms with van der Waals surface area (Å²) < 4.78 is 26.2. The molecule has 5 heteroatoms. The van der Waals surface area contributed by atoms with E-state index in [1.54, 1.807) is 12.2 Å². The molecule has 0 bridgehead atoms. The van der Waals surface area contributed by atoms with Gasteiger partial charge in [-0.3, -0.25) is 0 Å². The molecule has 0 spiro atoms. The highest BCUT2D eigenvalue weighted by Gasteiger charge is 2.11. The molecule has 1 heterocycles. The van der Waals surface area contributed by atoms with Crippen molar-refractivity contribution in [2.45, 2.75) is 18.9 Å². The van der Waals surface area contributed by atoms with Crippen LogP contribution in [0, 0.1) is 0 Å². The summed E-state index contributed by atoms with van der Waals surface area (Å²) in [6.45, 7) is 0.766.